The van der Waals surface area contributed by atoms with E-state index in [0.717, 1.165) is 6.04 Å². The van der Waals surface area contributed by atoms with Gasteiger partial charge in [0, 0.05) is 12.1 Å². The van der Waals surface area contributed by atoms with Crippen molar-refractivity contribution in [3.05, 3.63) is 0 Å². The molecule has 0 saturated heterocycles. The Morgan fingerprint density at radius 1 is 0.941 bits per heavy atom. The van der Waals surface area contributed by atoms with Crippen molar-refractivity contribution in [2.75, 3.05) is 0 Å². The fourth-order valence-electron chi connectivity index (χ4n) is 4.15. The first-order valence-corrected chi connectivity index (χ1v) is 7.38. The predicted molar refractivity (Wildman–Crippen MR) is 75.1 cm³/mol. The third kappa shape index (κ3) is 3.24. The molecule has 0 bridgehead atoms. The third-order valence-electron chi connectivity index (χ3n) is 5.12. The van der Waals surface area contributed by atoms with Crippen LogP contribution in [0.15, 0.2) is 0 Å². The van der Waals surface area contributed by atoms with Crippen molar-refractivity contribution in [2.24, 2.45) is 16.2 Å². The summed E-state index contributed by atoms with van der Waals surface area (Å²) in [5.74, 6) is 0. The molecule has 2 saturated carbocycles. The first-order chi connectivity index (χ1) is 7.62. The van der Waals surface area contributed by atoms with E-state index >= 15 is 0 Å². The van der Waals surface area contributed by atoms with Gasteiger partial charge in [0.1, 0.15) is 0 Å². The molecule has 100 valence electrons. The fourth-order valence-corrected chi connectivity index (χ4v) is 4.15. The van der Waals surface area contributed by atoms with Gasteiger partial charge in [-0.3, -0.25) is 0 Å². The van der Waals surface area contributed by atoms with Crippen LogP contribution in [-0.4, -0.2) is 12.1 Å². The molecule has 0 aromatic rings. The maximum absolute atomic E-state index is 3.93. The Kier molecular flexibility index (Phi) is 3.14. The summed E-state index contributed by atoms with van der Waals surface area (Å²) in [5.41, 5.74) is 1.61. The highest BCUT2D eigenvalue weighted by molar-refractivity contribution is 5.00. The van der Waals surface area contributed by atoms with E-state index in [0.29, 0.717) is 22.3 Å². The van der Waals surface area contributed by atoms with Gasteiger partial charge in [-0.05, 0) is 55.3 Å². The average Bonchev–Trinajstić information content (AvgIpc) is 2.78. The van der Waals surface area contributed by atoms with E-state index in [1.807, 2.05) is 0 Å². The van der Waals surface area contributed by atoms with Crippen LogP contribution < -0.4 is 5.32 Å². The van der Waals surface area contributed by atoms with Crippen LogP contribution in [0.3, 0.4) is 0 Å². The molecule has 0 aromatic carbocycles. The molecule has 17 heavy (non-hydrogen) atoms. The van der Waals surface area contributed by atoms with Gasteiger partial charge in [-0.1, -0.05) is 34.6 Å². The van der Waals surface area contributed by atoms with E-state index in [1.54, 1.807) is 0 Å². The van der Waals surface area contributed by atoms with Crippen LogP contribution in [0.5, 0.6) is 0 Å². The van der Waals surface area contributed by atoms with Gasteiger partial charge in [-0.2, -0.15) is 0 Å². The van der Waals surface area contributed by atoms with Crippen molar-refractivity contribution in [1.29, 1.82) is 0 Å². The van der Waals surface area contributed by atoms with Crippen LogP contribution >= 0.6 is 0 Å². The smallest absolute Gasteiger partial charge is 0.00951 e. The molecule has 1 unspecified atom stereocenters. The standard InChI is InChI=1S/C16H31N/c1-12(16(6)7-8-16)17-13-9-14(2,3)11-15(4,5)10-13/h12-13,17H,7-11H2,1-6H3. The Labute approximate surface area is 108 Å². The van der Waals surface area contributed by atoms with E-state index in [-0.39, 0.29) is 0 Å². The lowest BCUT2D eigenvalue weighted by Crippen LogP contribution is -2.48. The number of nitrogens with one attached hydrogen (secondary N) is 1. The van der Waals surface area contributed by atoms with Crippen molar-refractivity contribution in [1.82, 2.24) is 5.32 Å². The van der Waals surface area contributed by atoms with Gasteiger partial charge in [-0.25, -0.2) is 0 Å². The van der Waals surface area contributed by atoms with Crippen LogP contribution in [0.1, 0.15) is 73.6 Å². The monoisotopic (exact) mass is 237 g/mol. The van der Waals surface area contributed by atoms with Crippen LogP contribution in [0.25, 0.3) is 0 Å². The predicted octanol–water partition coefficient (Wildman–Crippen LogP) is 4.37. The molecule has 2 aliphatic carbocycles. The topological polar surface area (TPSA) is 12.0 Å². The first kappa shape index (κ1) is 13.4. The summed E-state index contributed by atoms with van der Waals surface area (Å²) in [6.45, 7) is 14.6. The molecule has 0 aromatic heterocycles. The van der Waals surface area contributed by atoms with Gasteiger partial charge in [-0.15, -0.1) is 0 Å². The zero-order chi connectivity index (χ0) is 12.9. The lowest BCUT2D eigenvalue weighted by atomic mass is 9.63. The van der Waals surface area contributed by atoms with Crippen molar-refractivity contribution in [3.63, 3.8) is 0 Å². The minimum atomic E-state index is 0.504. The fraction of sp³-hybridized carbons (Fsp3) is 1.00. The SMILES string of the molecule is CC(NC1CC(C)(C)CC(C)(C)C1)C1(C)CC1. The summed E-state index contributed by atoms with van der Waals surface area (Å²) >= 11 is 0. The largest absolute Gasteiger partial charge is 0.311 e. The minimum Gasteiger partial charge on any atom is -0.311 e. The Hall–Kier alpha value is -0.0400. The van der Waals surface area contributed by atoms with Crippen molar-refractivity contribution in [3.8, 4) is 0 Å². The second-order valence-electron chi connectivity index (χ2n) is 8.65. The zero-order valence-electron chi connectivity index (χ0n) is 12.7. The lowest BCUT2D eigenvalue weighted by molar-refractivity contribution is 0.0768. The van der Waals surface area contributed by atoms with Crippen molar-refractivity contribution in [2.45, 2.75) is 85.7 Å². The number of hydrogen-bond acceptors (Lipinski definition) is 1. The Bertz CT molecular complexity index is 270. The summed E-state index contributed by atoms with van der Waals surface area (Å²) < 4.78 is 0. The zero-order valence-corrected chi connectivity index (χ0v) is 12.7. The van der Waals surface area contributed by atoms with E-state index in [2.05, 4.69) is 46.9 Å². The van der Waals surface area contributed by atoms with Crippen molar-refractivity contribution < 1.29 is 0 Å². The summed E-state index contributed by atoms with van der Waals surface area (Å²) in [5, 5.41) is 3.93. The summed E-state index contributed by atoms with van der Waals surface area (Å²) in [6, 6.07) is 1.42. The van der Waals surface area contributed by atoms with Gasteiger partial charge in [0.05, 0.1) is 0 Å². The molecule has 0 heterocycles. The molecule has 1 nitrogen and oxygen atoms in total. The average molecular weight is 237 g/mol. The molecule has 0 amide bonds. The molecule has 1 heteroatoms. The second kappa shape index (κ2) is 3.98. The van der Waals surface area contributed by atoms with Gasteiger partial charge in [0.15, 0.2) is 0 Å². The molecule has 2 rings (SSSR count). The lowest BCUT2D eigenvalue weighted by Gasteiger charge is -2.46. The normalized spacial score (nSPS) is 32.1. The van der Waals surface area contributed by atoms with E-state index < -0.39 is 0 Å². The highest BCUT2D eigenvalue weighted by atomic mass is 15.0. The summed E-state index contributed by atoms with van der Waals surface area (Å²) in [6.07, 6.45) is 6.89. The van der Waals surface area contributed by atoms with Crippen molar-refractivity contribution >= 4 is 0 Å². The van der Waals surface area contributed by atoms with Crippen LogP contribution in [0.4, 0.5) is 0 Å². The third-order valence-corrected chi connectivity index (χ3v) is 5.12. The van der Waals surface area contributed by atoms with Gasteiger partial charge in [0.25, 0.3) is 0 Å². The number of hydrogen-bond donors (Lipinski definition) is 1. The van der Waals surface area contributed by atoms with Gasteiger partial charge < -0.3 is 5.32 Å². The Morgan fingerprint density at radius 2 is 1.41 bits per heavy atom. The van der Waals surface area contributed by atoms with Crippen LogP contribution in [-0.2, 0) is 0 Å². The van der Waals surface area contributed by atoms with E-state index in [9.17, 15) is 0 Å². The second-order valence-corrected chi connectivity index (χ2v) is 8.65. The highest BCUT2D eigenvalue weighted by Crippen LogP contribution is 2.50. The van der Waals surface area contributed by atoms with Crippen LogP contribution in [0.2, 0.25) is 0 Å². The summed E-state index contributed by atoms with van der Waals surface area (Å²) in [4.78, 5) is 0. The minimum absolute atomic E-state index is 0.504. The van der Waals surface area contributed by atoms with E-state index in [4.69, 9.17) is 0 Å². The Balaban J connectivity index is 1.96. The van der Waals surface area contributed by atoms with Gasteiger partial charge in [0.2, 0.25) is 0 Å². The molecular weight excluding hydrogens is 206 g/mol. The van der Waals surface area contributed by atoms with Crippen LogP contribution in [0, 0.1) is 16.2 Å². The first-order valence-electron chi connectivity index (χ1n) is 7.38. The maximum atomic E-state index is 3.93. The van der Waals surface area contributed by atoms with Gasteiger partial charge >= 0.3 is 0 Å². The summed E-state index contributed by atoms with van der Waals surface area (Å²) in [7, 11) is 0. The maximum Gasteiger partial charge on any atom is 0.00951 e. The molecule has 0 aliphatic heterocycles. The van der Waals surface area contributed by atoms with E-state index in [1.165, 1.54) is 32.1 Å². The quantitative estimate of drug-likeness (QED) is 0.768. The molecule has 2 aliphatic rings. The molecular formula is C16H31N. The molecule has 0 radical (unpaired) electrons. The molecule has 1 atom stereocenters. The Morgan fingerprint density at radius 3 is 1.82 bits per heavy atom. The highest BCUT2D eigenvalue weighted by Gasteiger charge is 2.45. The molecule has 0 spiro atoms. The molecule has 2 fully saturated rings. The number of rotatable bonds is 3. The molecule has 1 N–H and O–H groups in total.